The molecule has 1 N–H and O–H groups in total. The average Bonchev–Trinajstić information content (AvgIpc) is 2.90. The number of ether oxygens (including phenoxy) is 1. The van der Waals surface area contributed by atoms with Gasteiger partial charge >= 0.3 is 0 Å². The number of hydrogen-bond donors (Lipinski definition) is 1. The summed E-state index contributed by atoms with van der Waals surface area (Å²) in [6.45, 7) is 5.83. The number of carbonyl (C=O) groups excluding carboxylic acids is 1. The maximum atomic E-state index is 13.1. The quantitative estimate of drug-likeness (QED) is 0.791. The summed E-state index contributed by atoms with van der Waals surface area (Å²) < 4.78 is 17.5. The van der Waals surface area contributed by atoms with Crippen LogP contribution in [0.2, 0.25) is 0 Å². The zero-order valence-corrected chi connectivity index (χ0v) is 14.3. The molecule has 1 saturated carbocycles. The highest BCUT2D eigenvalue weighted by molar-refractivity contribution is 6.53. The van der Waals surface area contributed by atoms with Gasteiger partial charge in [-0.15, -0.1) is 23.2 Å². The molecule has 2 rings (SSSR count). The van der Waals surface area contributed by atoms with Crippen LogP contribution in [-0.2, 0) is 4.79 Å². The highest BCUT2D eigenvalue weighted by Gasteiger charge is 2.76. The number of halogens is 3. The van der Waals surface area contributed by atoms with E-state index in [1.165, 1.54) is 12.1 Å². The first kappa shape index (κ1) is 17.4. The van der Waals surface area contributed by atoms with Crippen LogP contribution in [0.1, 0.15) is 27.2 Å². The monoisotopic (exact) mass is 347 g/mol. The normalized spacial score (nSPS) is 27.1. The third-order valence-electron chi connectivity index (χ3n) is 4.43. The maximum absolute atomic E-state index is 13.1. The maximum Gasteiger partial charge on any atom is 0.229 e. The fraction of sp³-hybridized carbons (Fsp3) is 0.562. The van der Waals surface area contributed by atoms with Gasteiger partial charge in [-0.05, 0) is 25.5 Å². The second kappa shape index (κ2) is 6.25. The first-order valence-electron chi connectivity index (χ1n) is 7.32. The second-order valence-electron chi connectivity index (χ2n) is 5.81. The van der Waals surface area contributed by atoms with Crippen molar-refractivity contribution in [2.24, 2.45) is 11.3 Å². The van der Waals surface area contributed by atoms with Gasteiger partial charge < -0.3 is 10.1 Å². The fourth-order valence-electron chi connectivity index (χ4n) is 2.86. The van der Waals surface area contributed by atoms with E-state index in [0.717, 1.165) is 0 Å². The standard InChI is InChI=1S/C16H20Cl2FNO2/c1-4-15(11(3)16(15,17)18)14(21)20-10(2)9-22-13-7-5-6-12(19)8-13/h5-8,10-11H,4,9H2,1-3H3,(H,20,21)/t10-,11?,15-/m1/s1. The van der Waals surface area contributed by atoms with Crippen LogP contribution in [0, 0.1) is 17.2 Å². The van der Waals surface area contributed by atoms with E-state index in [1.807, 2.05) is 20.8 Å². The number of alkyl halides is 2. The molecule has 0 heterocycles. The molecule has 1 aromatic carbocycles. The van der Waals surface area contributed by atoms with E-state index in [2.05, 4.69) is 5.32 Å². The zero-order chi connectivity index (χ0) is 16.5. The van der Waals surface area contributed by atoms with E-state index in [0.29, 0.717) is 12.2 Å². The third kappa shape index (κ3) is 2.91. The van der Waals surface area contributed by atoms with Gasteiger partial charge in [-0.25, -0.2) is 4.39 Å². The summed E-state index contributed by atoms with van der Waals surface area (Å²) in [5.74, 6) is -0.192. The lowest BCUT2D eigenvalue weighted by atomic mass is 9.99. The van der Waals surface area contributed by atoms with Gasteiger partial charge in [-0.3, -0.25) is 4.79 Å². The van der Waals surface area contributed by atoms with Gasteiger partial charge in [0.25, 0.3) is 0 Å². The van der Waals surface area contributed by atoms with Crippen LogP contribution >= 0.6 is 23.2 Å². The minimum absolute atomic E-state index is 0.0929. The lowest BCUT2D eigenvalue weighted by Crippen LogP contribution is -2.43. The Balaban J connectivity index is 1.90. The van der Waals surface area contributed by atoms with Crippen molar-refractivity contribution in [1.29, 1.82) is 0 Å². The van der Waals surface area contributed by atoms with Crippen LogP contribution < -0.4 is 10.1 Å². The number of carbonyl (C=O) groups is 1. The van der Waals surface area contributed by atoms with E-state index in [-0.39, 0.29) is 30.3 Å². The largest absolute Gasteiger partial charge is 0.491 e. The molecule has 0 bridgehead atoms. The van der Waals surface area contributed by atoms with E-state index >= 15 is 0 Å². The molecule has 1 aromatic rings. The Morgan fingerprint density at radius 3 is 2.64 bits per heavy atom. The van der Waals surface area contributed by atoms with E-state index < -0.39 is 9.75 Å². The van der Waals surface area contributed by atoms with Crippen LogP contribution in [0.25, 0.3) is 0 Å². The summed E-state index contributed by atoms with van der Waals surface area (Å²) in [5.41, 5.74) is -0.747. The molecule has 1 amide bonds. The molecule has 3 atom stereocenters. The van der Waals surface area contributed by atoms with Gasteiger partial charge in [-0.2, -0.15) is 0 Å². The van der Waals surface area contributed by atoms with Crippen molar-refractivity contribution in [2.75, 3.05) is 6.61 Å². The summed E-state index contributed by atoms with van der Waals surface area (Å²) in [6.07, 6.45) is 0.574. The zero-order valence-electron chi connectivity index (χ0n) is 12.8. The highest BCUT2D eigenvalue weighted by atomic mass is 35.5. The Labute approximate surface area is 140 Å². The average molecular weight is 348 g/mol. The van der Waals surface area contributed by atoms with E-state index in [9.17, 15) is 9.18 Å². The Bertz CT molecular complexity index is 567. The van der Waals surface area contributed by atoms with Crippen molar-refractivity contribution < 1.29 is 13.9 Å². The van der Waals surface area contributed by atoms with Crippen molar-refractivity contribution in [1.82, 2.24) is 5.32 Å². The number of rotatable bonds is 6. The first-order chi connectivity index (χ1) is 10.3. The van der Waals surface area contributed by atoms with Crippen molar-refractivity contribution in [2.45, 2.75) is 37.6 Å². The molecular weight excluding hydrogens is 328 g/mol. The molecule has 0 aromatic heterocycles. The van der Waals surface area contributed by atoms with Crippen molar-refractivity contribution in [3.8, 4) is 5.75 Å². The summed E-state index contributed by atoms with van der Waals surface area (Å²) >= 11 is 12.4. The van der Waals surface area contributed by atoms with E-state index in [4.69, 9.17) is 27.9 Å². The smallest absolute Gasteiger partial charge is 0.229 e. The van der Waals surface area contributed by atoms with Crippen molar-refractivity contribution >= 4 is 29.1 Å². The molecule has 0 radical (unpaired) electrons. The summed E-state index contributed by atoms with van der Waals surface area (Å²) in [7, 11) is 0. The predicted octanol–water partition coefficient (Wildman–Crippen LogP) is 3.93. The molecule has 1 fully saturated rings. The first-order valence-corrected chi connectivity index (χ1v) is 8.08. The van der Waals surface area contributed by atoms with Crippen molar-refractivity contribution in [3.05, 3.63) is 30.1 Å². The van der Waals surface area contributed by atoms with Gasteiger partial charge in [0.1, 0.15) is 22.5 Å². The molecule has 6 heteroatoms. The van der Waals surface area contributed by atoms with Gasteiger partial charge in [0.15, 0.2) is 0 Å². The highest BCUT2D eigenvalue weighted by Crippen LogP contribution is 2.70. The Hall–Kier alpha value is -1.00. The fourth-order valence-corrected chi connectivity index (χ4v) is 3.89. The lowest BCUT2D eigenvalue weighted by molar-refractivity contribution is -0.127. The van der Waals surface area contributed by atoms with Crippen LogP contribution in [0.15, 0.2) is 24.3 Å². The van der Waals surface area contributed by atoms with Gasteiger partial charge in [-0.1, -0.05) is 19.9 Å². The number of hydrogen-bond acceptors (Lipinski definition) is 2. The molecule has 3 nitrogen and oxygen atoms in total. The van der Waals surface area contributed by atoms with Gasteiger partial charge in [0, 0.05) is 12.0 Å². The van der Waals surface area contributed by atoms with Crippen molar-refractivity contribution in [3.63, 3.8) is 0 Å². The molecule has 1 unspecified atom stereocenters. The van der Waals surface area contributed by atoms with Gasteiger partial charge in [0.05, 0.1) is 11.5 Å². The Morgan fingerprint density at radius 2 is 2.14 bits per heavy atom. The molecular formula is C16H20Cl2FNO2. The third-order valence-corrected chi connectivity index (χ3v) is 5.76. The topological polar surface area (TPSA) is 38.3 Å². The predicted molar refractivity (Wildman–Crippen MR) is 85.8 cm³/mol. The number of amides is 1. The molecule has 0 saturated heterocycles. The molecule has 1 aliphatic rings. The second-order valence-corrected chi connectivity index (χ2v) is 7.20. The number of nitrogens with one attached hydrogen (secondary N) is 1. The molecule has 22 heavy (non-hydrogen) atoms. The SMILES string of the molecule is CC[C@]1(C(=O)N[C@H](C)COc2cccc(F)c2)C(C)C1(Cl)Cl. The van der Waals surface area contributed by atoms with Crippen LogP contribution in [-0.4, -0.2) is 22.9 Å². The summed E-state index contributed by atoms with van der Waals surface area (Å²) in [5, 5.41) is 2.88. The van der Waals surface area contributed by atoms with Crippen LogP contribution in [0.5, 0.6) is 5.75 Å². The summed E-state index contributed by atoms with van der Waals surface area (Å²) in [4.78, 5) is 12.5. The molecule has 0 spiro atoms. The molecule has 122 valence electrons. The van der Waals surface area contributed by atoms with Crippen LogP contribution in [0.3, 0.4) is 0 Å². The number of benzene rings is 1. The van der Waals surface area contributed by atoms with E-state index in [1.54, 1.807) is 12.1 Å². The Kier molecular flexibility index (Phi) is 4.93. The summed E-state index contributed by atoms with van der Waals surface area (Å²) in [6, 6.07) is 5.64. The van der Waals surface area contributed by atoms with Gasteiger partial charge in [0.2, 0.25) is 5.91 Å². The molecule has 1 aliphatic carbocycles. The molecule has 0 aliphatic heterocycles. The minimum Gasteiger partial charge on any atom is -0.491 e. The Morgan fingerprint density at radius 1 is 1.50 bits per heavy atom. The lowest BCUT2D eigenvalue weighted by Gasteiger charge is -2.20. The van der Waals surface area contributed by atoms with Crippen LogP contribution in [0.4, 0.5) is 4.39 Å². The minimum atomic E-state index is -1.02.